The molecule has 8 nitrogen and oxygen atoms in total. The molecule has 0 bridgehead atoms. The number of carbonyl (C=O) groups excluding carboxylic acids is 1. The Morgan fingerprint density at radius 3 is 2.47 bits per heavy atom. The summed E-state index contributed by atoms with van der Waals surface area (Å²) in [7, 11) is 1.72. The maximum absolute atomic E-state index is 13.0. The van der Waals surface area contributed by atoms with E-state index in [2.05, 4.69) is 31.7 Å². The lowest BCUT2D eigenvalue weighted by molar-refractivity contribution is -0.124. The average Bonchev–Trinajstić information content (AvgIpc) is 3.70. The molecule has 0 aromatic carbocycles. The van der Waals surface area contributed by atoms with Crippen molar-refractivity contribution in [3.05, 3.63) is 11.6 Å². The Morgan fingerprint density at radius 1 is 1.17 bits per heavy atom. The lowest BCUT2D eigenvalue weighted by atomic mass is 9.68. The predicted octanol–water partition coefficient (Wildman–Crippen LogP) is 3.37. The number of allylic oxidation sites excluding steroid dienone is 1. The van der Waals surface area contributed by atoms with Gasteiger partial charge in [-0.05, 0) is 78.7 Å². The van der Waals surface area contributed by atoms with Gasteiger partial charge in [0.25, 0.3) is 0 Å². The fraction of sp³-hybridized carbons (Fsp3) is 0.893. The third-order valence-electron chi connectivity index (χ3n) is 9.49. The summed E-state index contributed by atoms with van der Waals surface area (Å²) < 4.78 is 24.4. The van der Waals surface area contributed by atoms with E-state index in [1.54, 1.807) is 7.11 Å². The van der Waals surface area contributed by atoms with Gasteiger partial charge in [0.1, 0.15) is 23.4 Å². The molecule has 5 rings (SSSR count). The highest BCUT2D eigenvalue weighted by atomic mass is 16.6. The van der Waals surface area contributed by atoms with Gasteiger partial charge in [-0.3, -0.25) is 0 Å². The number of piperidine rings is 1. The Labute approximate surface area is 216 Å². The number of amides is 1. The van der Waals surface area contributed by atoms with E-state index in [-0.39, 0.29) is 41.5 Å². The van der Waals surface area contributed by atoms with Crippen LogP contribution in [0.1, 0.15) is 66.2 Å². The summed E-state index contributed by atoms with van der Waals surface area (Å²) >= 11 is 0. The molecule has 4 saturated heterocycles. The van der Waals surface area contributed by atoms with Crippen molar-refractivity contribution >= 4 is 6.09 Å². The van der Waals surface area contributed by atoms with Gasteiger partial charge in [0.2, 0.25) is 0 Å². The van der Waals surface area contributed by atoms with Crippen LogP contribution in [0.5, 0.6) is 0 Å². The third kappa shape index (κ3) is 5.35. The van der Waals surface area contributed by atoms with Gasteiger partial charge in [-0.1, -0.05) is 11.6 Å². The summed E-state index contributed by atoms with van der Waals surface area (Å²) in [6.07, 6.45) is 6.91. The van der Waals surface area contributed by atoms with Crippen LogP contribution in [0.15, 0.2) is 11.6 Å². The molecule has 5 fully saturated rings. The minimum atomic E-state index is -0.507. The molecule has 5 aliphatic rings. The summed E-state index contributed by atoms with van der Waals surface area (Å²) in [5, 5.41) is 10.1. The minimum Gasteiger partial charge on any atom is -0.443 e. The lowest BCUT2D eigenvalue weighted by Gasteiger charge is -2.45. The first-order valence-corrected chi connectivity index (χ1v) is 13.9. The van der Waals surface area contributed by atoms with E-state index in [0.29, 0.717) is 5.92 Å². The van der Waals surface area contributed by atoms with Crippen LogP contribution in [-0.2, 0) is 18.9 Å². The van der Waals surface area contributed by atoms with Gasteiger partial charge in [-0.15, -0.1) is 0 Å². The molecular formula is C28H46N2O6. The van der Waals surface area contributed by atoms with Crippen LogP contribution in [0.25, 0.3) is 0 Å². The topological polar surface area (TPSA) is 87.3 Å². The van der Waals surface area contributed by atoms with Crippen molar-refractivity contribution in [2.45, 2.75) is 101 Å². The first kappa shape index (κ1) is 26.4. The third-order valence-corrected chi connectivity index (χ3v) is 9.49. The van der Waals surface area contributed by atoms with Gasteiger partial charge in [0.05, 0.1) is 24.2 Å². The van der Waals surface area contributed by atoms with E-state index < -0.39 is 5.60 Å². The van der Waals surface area contributed by atoms with Gasteiger partial charge in [0, 0.05) is 33.3 Å². The molecule has 4 aliphatic heterocycles. The summed E-state index contributed by atoms with van der Waals surface area (Å²) in [6.45, 7) is 13.5. The molecule has 1 aliphatic carbocycles. The molecule has 1 amide bonds. The second-order valence-corrected chi connectivity index (χ2v) is 12.7. The largest absolute Gasteiger partial charge is 0.443 e. The molecule has 0 aromatic rings. The molecule has 0 aromatic heterocycles. The summed E-state index contributed by atoms with van der Waals surface area (Å²) in [6, 6.07) is 0. The van der Waals surface area contributed by atoms with E-state index in [4.69, 9.17) is 18.9 Å². The van der Waals surface area contributed by atoms with Crippen molar-refractivity contribution in [3.8, 4) is 0 Å². The Morgan fingerprint density at radius 2 is 1.86 bits per heavy atom. The van der Waals surface area contributed by atoms with Crippen molar-refractivity contribution < 1.29 is 28.8 Å². The number of ether oxygens (including phenoxy) is 4. The van der Waals surface area contributed by atoms with E-state index >= 15 is 0 Å². The molecule has 6 atom stereocenters. The predicted molar refractivity (Wildman–Crippen MR) is 136 cm³/mol. The van der Waals surface area contributed by atoms with Gasteiger partial charge in [-0.2, -0.15) is 0 Å². The number of carbonyl (C=O) groups is 1. The highest BCUT2D eigenvalue weighted by Gasteiger charge is 2.72. The summed E-state index contributed by atoms with van der Waals surface area (Å²) in [5.41, 5.74) is 0.257. The molecule has 8 heteroatoms. The molecule has 1 saturated carbocycles. The van der Waals surface area contributed by atoms with Gasteiger partial charge < -0.3 is 33.9 Å². The monoisotopic (exact) mass is 506 g/mol. The molecule has 0 radical (unpaired) electrons. The van der Waals surface area contributed by atoms with E-state index in [9.17, 15) is 9.90 Å². The van der Waals surface area contributed by atoms with Crippen molar-refractivity contribution in [1.82, 2.24) is 9.80 Å². The zero-order chi connectivity index (χ0) is 25.7. The number of methoxy groups -OCH3 is 1. The second kappa shape index (κ2) is 9.84. The Hall–Kier alpha value is -1.19. The zero-order valence-corrected chi connectivity index (χ0v) is 22.8. The molecule has 4 heterocycles. The van der Waals surface area contributed by atoms with Crippen molar-refractivity contribution in [1.29, 1.82) is 0 Å². The van der Waals surface area contributed by atoms with E-state index in [0.717, 1.165) is 77.9 Å². The molecule has 36 heavy (non-hydrogen) atoms. The van der Waals surface area contributed by atoms with Crippen LogP contribution in [0.3, 0.4) is 0 Å². The van der Waals surface area contributed by atoms with Gasteiger partial charge >= 0.3 is 6.09 Å². The SMILES string of the molecule is COC1C(OC(=O)N2CC(CCN3CCC(C)(O)CC3)C2)CCC2(CO2)C1[C@@]1(C)O[C@@H]1CC=C(C)C. The fourth-order valence-electron chi connectivity index (χ4n) is 6.80. The quantitative estimate of drug-likeness (QED) is 0.399. The van der Waals surface area contributed by atoms with Gasteiger partial charge in [0.15, 0.2) is 0 Å². The highest BCUT2D eigenvalue weighted by Crippen LogP contribution is 2.59. The number of epoxide rings is 2. The maximum Gasteiger partial charge on any atom is 0.410 e. The molecule has 1 N–H and O–H groups in total. The van der Waals surface area contributed by atoms with E-state index in [1.807, 2.05) is 11.8 Å². The van der Waals surface area contributed by atoms with Crippen LogP contribution in [0, 0.1) is 11.8 Å². The number of likely N-dealkylation sites (tertiary alicyclic amines) is 2. The normalized spacial score (nSPS) is 40.0. The zero-order valence-electron chi connectivity index (χ0n) is 22.8. The number of aliphatic hydroxyl groups is 1. The number of nitrogens with zero attached hydrogens (tertiary/aromatic N) is 2. The first-order chi connectivity index (χ1) is 17.1. The lowest BCUT2D eigenvalue weighted by Crippen LogP contribution is -2.57. The van der Waals surface area contributed by atoms with Crippen LogP contribution < -0.4 is 0 Å². The fourth-order valence-corrected chi connectivity index (χ4v) is 6.80. The standard InChI is InChI=1S/C28H46N2O6/c1-19(2)6-7-22-27(4,36-22)24-23(33-5)21(8-10-28(24)18-34-28)35-25(31)30-16-20(17-30)9-13-29-14-11-26(3,32)12-15-29/h6,20-24,32H,7-18H2,1-5H3/t21?,22-,23?,24?,27+,28?/m1/s1. The van der Waals surface area contributed by atoms with Crippen LogP contribution in [-0.4, -0.2) is 103 Å². The number of hydrogen-bond acceptors (Lipinski definition) is 7. The molecule has 204 valence electrons. The number of rotatable bonds is 8. The summed E-state index contributed by atoms with van der Waals surface area (Å²) in [5.74, 6) is 0.571. The van der Waals surface area contributed by atoms with Crippen LogP contribution in [0.4, 0.5) is 4.79 Å². The Kier molecular flexibility index (Phi) is 7.22. The highest BCUT2D eigenvalue weighted by molar-refractivity contribution is 5.69. The van der Waals surface area contributed by atoms with Crippen molar-refractivity contribution in [2.24, 2.45) is 11.8 Å². The number of hydrogen-bond donors (Lipinski definition) is 1. The van der Waals surface area contributed by atoms with E-state index in [1.165, 1.54) is 5.57 Å². The van der Waals surface area contributed by atoms with Crippen molar-refractivity contribution in [3.63, 3.8) is 0 Å². The van der Waals surface area contributed by atoms with Crippen molar-refractivity contribution in [2.75, 3.05) is 46.4 Å². The second-order valence-electron chi connectivity index (χ2n) is 12.7. The Balaban J connectivity index is 1.11. The smallest absolute Gasteiger partial charge is 0.410 e. The molecule has 1 spiro atoms. The minimum absolute atomic E-state index is 0.0478. The first-order valence-electron chi connectivity index (χ1n) is 13.9. The van der Waals surface area contributed by atoms with Crippen LogP contribution >= 0.6 is 0 Å². The van der Waals surface area contributed by atoms with Crippen LogP contribution in [0.2, 0.25) is 0 Å². The summed E-state index contributed by atoms with van der Waals surface area (Å²) in [4.78, 5) is 17.3. The maximum atomic E-state index is 13.0. The van der Waals surface area contributed by atoms with Gasteiger partial charge in [-0.25, -0.2) is 4.79 Å². The average molecular weight is 507 g/mol. The molecule has 4 unspecified atom stereocenters. The Bertz CT molecular complexity index is 837. The molecular weight excluding hydrogens is 460 g/mol.